The van der Waals surface area contributed by atoms with Crippen LogP contribution in [0.2, 0.25) is 0 Å². The number of hydrogen-bond acceptors (Lipinski definition) is 4. The Bertz CT molecular complexity index is 175. The molecule has 0 aromatic rings. The lowest BCUT2D eigenvalue weighted by atomic mass is 10.1. The van der Waals surface area contributed by atoms with E-state index >= 15 is 0 Å². The Labute approximate surface area is 92.0 Å². The summed E-state index contributed by atoms with van der Waals surface area (Å²) in [6, 6.07) is 0. The van der Waals surface area contributed by atoms with E-state index in [1.54, 1.807) is 20.8 Å². The molecule has 0 fully saturated rings. The van der Waals surface area contributed by atoms with E-state index in [4.69, 9.17) is 4.74 Å². The minimum atomic E-state index is -0.617. The van der Waals surface area contributed by atoms with Crippen LogP contribution in [0.25, 0.3) is 0 Å². The summed E-state index contributed by atoms with van der Waals surface area (Å²) < 4.78 is 4.80. The van der Waals surface area contributed by atoms with Crippen LogP contribution in [0.5, 0.6) is 0 Å². The van der Waals surface area contributed by atoms with Gasteiger partial charge in [-0.15, -0.1) is 0 Å². The maximum Gasteiger partial charge on any atom is 0.305 e. The fourth-order valence-electron chi connectivity index (χ4n) is 1.11. The zero-order valence-corrected chi connectivity index (χ0v) is 10.0. The second-order valence-electron chi connectivity index (χ2n) is 4.22. The topological polar surface area (TPSA) is 58.6 Å². The number of carbonyl (C=O) groups is 1. The summed E-state index contributed by atoms with van der Waals surface area (Å²) in [5, 5.41) is 12.6. The summed E-state index contributed by atoms with van der Waals surface area (Å²) in [5.41, 5.74) is -0.617. The van der Waals surface area contributed by atoms with Gasteiger partial charge in [0.2, 0.25) is 0 Å². The maximum absolute atomic E-state index is 10.9. The first-order chi connectivity index (χ1) is 6.95. The van der Waals surface area contributed by atoms with Crippen molar-refractivity contribution >= 4 is 5.97 Å². The molecule has 0 spiro atoms. The quantitative estimate of drug-likeness (QED) is 0.472. The van der Waals surface area contributed by atoms with Gasteiger partial charge in [-0.25, -0.2) is 0 Å². The first-order valence-corrected chi connectivity index (χ1v) is 5.54. The van der Waals surface area contributed by atoms with Crippen LogP contribution in [0.15, 0.2) is 0 Å². The third kappa shape index (κ3) is 11.3. The van der Waals surface area contributed by atoms with Crippen LogP contribution in [0.4, 0.5) is 0 Å². The highest BCUT2D eigenvalue weighted by Gasteiger charge is 2.10. The molecule has 0 amide bonds. The van der Waals surface area contributed by atoms with Crippen LogP contribution in [0.1, 0.15) is 40.0 Å². The Morgan fingerprint density at radius 1 is 1.40 bits per heavy atom. The van der Waals surface area contributed by atoms with E-state index in [9.17, 15) is 9.90 Å². The fraction of sp³-hybridized carbons (Fsp3) is 0.909. The standard InChI is InChI=1S/C11H23NO3/c1-4-15-10(13)6-5-8-12-9-7-11(2,3)14/h12,14H,4-9H2,1-3H3. The van der Waals surface area contributed by atoms with E-state index in [1.807, 2.05) is 0 Å². The molecule has 0 unspecified atom stereocenters. The van der Waals surface area contributed by atoms with E-state index in [0.717, 1.165) is 19.5 Å². The predicted molar refractivity (Wildman–Crippen MR) is 59.7 cm³/mol. The monoisotopic (exact) mass is 217 g/mol. The first-order valence-electron chi connectivity index (χ1n) is 5.54. The van der Waals surface area contributed by atoms with Crippen molar-refractivity contribution in [3.8, 4) is 0 Å². The molecule has 0 rings (SSSR count). The SMILES string of the molecule is CCOC(=O)CCCNCCC(C)(C)O. The van der Waals surface area contributed by atoms with Gasteiger partial charge in [0.25, 0.3) is 0 Å². The number of nitrogens with one attached hydrogen (secondary N) is 1. The first kappa shape index (κ1) is 14.4. The molecule has 0 saturated heterocycles. The third-order valence-electron chi connectivity index (χ3n) is 1.95. The van der Waals surface area contributed by atoms with Gasteiger partial charge in [0.05, 0.1) is 12.2 Å². The molecule has 0 radical (unpaired) electrons. The van der Waals surface area contributed by atoms with E-state index in [1.165, 1.54) is 0 Å². The van der Waals surface area contributed by atoms with Gasteiger partial charge < -0.3 is 15.2 Å². The average molecular weight is 217 g/mol. The van der Waals surface area contributed by atoms with Crippen molar-refractivity contribution in [3.63, 3.8) is 0 Å². The molecular weight excluding hydrogens is 194 g/mol. The lowest BCUT2D eigenvalue weighted by Gasteiger charge is -2.16. The molecule has 15 heavy (non-hydrogen) atoms. The second kappa shape index (κ2) is 7.65. The van der Waals surface area contributed by atoms with E-state index < -0.39 is 5.60 Å². The number of carbonyl (C=O) groups excluding carboxylic acids is 1. The molecule has 0 aromatic heterocycles. The van der Waals surface area contributed by atoms with E-state index in [2.05, 4.69) is 5.32 Å². The molecule has 0 aromatic carbocycles. The Morgan fingerprint density at radius 2 is 2.07 bits per heavy atom. The van der Waals surface area contributed by atoms with Gasteiger partial charge in [0.15, 0.2) is 0 Å². The van der Waals surface area contributed by atoms with Gasteiger partial charge in [0.1, 0.15) is 0 Å². The molecule has 90 valence electrons. The second-order valence-corrected chi connectivity index (χ2v) is 4.22. The van der Waals surface area contributed by atoms with Crippen molar-refractivity contribution in [1.29, 1.82) is 0 Å². The van der Waals surface area contributed by atoms with Crippen LogP contribution < -0.4 is 5.32 Å². The smallest absolute Gasteiger partial charge is 0.305 e. The van der Waals surface area contributed by atoms with Crippen LogP contribution in [0, 0.1) is 0 Å². The van der Waals surface area contributed by atoms with Crippen LogP contribution in [-0.4, -0.2) is 36.4 Å². The molecule has 4 heteroatoms. The summed E-state index contributed by atoms with van der Waals surface area (Å²) in [4.78, 5) is 10.9. The van der Waals surface area contributed by atoms with Gasteiger partial charge in [-0.05, 0) is 46.7 Å². The minimum absolute atomic E-state index is 0.137. The summed E-state index contributed by atoms with van der Waals surface area (Å²) in [5.74, 6) is -0.137. The zero-order chi connectivity index (χ0) is 11.7. The molecular formula is C11H23NO3. The van der Waals surface area contributed by atoms with Gasteiger partial charge in [0, 0.05) is 6.42 Å². The molecule has 2 N–H and O–H groups in total. The average Bonchev–Trinajstić information content (AvgIpc) is 2.09. The van der Waals surface area contributed by atoms with Gasteiger partial charge in [-0.3, -0.25) is 4.79 Å². The zero-order valence-electron chi connectivity index (χ0n) is 10.0. The largest absolute Gasteiger partial charge is 0.466 e. The van der Waals surface area contributed by atoms with Crippen LogP contribution >= 0.6 is 0 Å². The van der Waals surface area contributed by atoms with Crippen molar-refractivity contribution in [1.82, 2.24) is 5.32 Å². The number of aliphatic hydroxyl groups is 1. The summed E-state index contributed by atoms with van der Waals surface area (Å²) in [6.07, 6.45) is 1.96. The van der Waals surface area contributed by atoms with E-state index in [-0.39, 0.29) is 5.97 Å². The summed E-state index contributed by atoms with van der Waals surface area (Å²) in [6.45, 7) is 7.38. The van der Waals surface area contributed by atoms with Gasteiger partial charge >= 0.3 is 5.97 Å². The lowest BCUT2D eigenvalue weighted by Crippen LogP contribution is -2.27. The summed E-state index contributed by atoms with van der Waals surface area (Å²) >= 11 is 0. The molecule has 0 aliphatic heterocycles. The molecule has 0 bridgehead atoms. The molecule has 0 aliphatic carbocycles. The molecule has 0 aliphatic rings. The summed E-state index contributed by atoms with van der Waals surface area (Å²) in [7, 11) is 0. The van der Waals surface area contributed by atoms with E-state index in [0.29, 0.717) is 19.4 Å². The fourth-order valence-corrected chi connectivity index (χ4v) is 1.11. The Hall–Kier alpha value is -0.610. The Morgan fingerprint density at radius 3 is 2.60 bits per heavy atom. The normalized spacial score (nSPS) is 11.5. The van der Waals surface area contributed by atoms with Crippen LogP contribution in [-0.2, 0) is 9.53 Å². The molecule has 4 nitrogen and oxygen atoms in total. The number of esters is 1. The minimum Gasteiger partial charge on any atom is -0.466 e. The molecule has 0 heterocycles. The Balaban J connectivity index is 3.22. The Kier molecular flexibility index (Phi) is 7.34. The van der Waals surface area contributed by atoms with Crippen molar-refractivity contribution in [2.45, 2.75) is 45.6 Å². The van der Waals surface area contributed by atoms with Crippen molar-refractivity contribution in [2.24, 2.45) is 0 Å². The number of rotatable bonds is 8. The van der Waals surface area contributed by atoms with Crippen molar-refractivity contribution in [2.75, 3.05) is 19.7 Å². The van der Waals surface area contributed by atoms with Crippen molar-refractivity contribution in [3.05, 3.63) is 0 Å². The van der Waals surface area contributed by atoms with Crippen molar-refractivity contribution < 1.29 is 14.6 Å². The molecule has 0 saturated carbocycles. The molecule has 0 atom stereocenters. The predicted octanol–water partition coefficient (Wildman–Crippen LogP) is 1.08. The highest BCUT2D eigenvalue weighted by molar-refractivity contribution is 5.69. The van der Waals surface area contributed by atoms with Gasteiger partial charge in [-0.1, -0.05) is 0 Å². The number of ether oxygens (including phenoxy) is 1. The van der Waals surface area contributed by atoms with Gasteiger partial charge in [-0.2, -0.15) is 0 Å². The maximum atomic E-state index is 10.9. The third-order valence-corrected chi connectivity index (χ3v) is 1.95. The highest BCUT2D eigenvalue weighted by atomic mass is 16.5. The highest BCUT2D eigenvalue weighted by Crippen LogP contribution is 2.04. The number of hydrogen-bond donors (Lipinski definition) is 2. The van der Waals surface area contributed by atoms with Crippen LogP contribution in [0.3, 0.4) is 0 Å². The lowest BCUT2D eigenvalue weighted by molar-refractivity contribution is -0.143.